The number of hydrogen-bond acceptors (Lipinski definition) is 1. The number of benzene rings is 1. The Morgan fingerprint density at radius 1 is 1.24 bits per heavy atom. The van der Waals surface area contributed by atoms with Crippen molar-refractivity contribution in [1.82, 2.24) is 5.32 Å². The van der Waals surface area contributed by atoms with Crippen molar-refractivity contribution in [3.05, 3.63) is 35.4 Å². The Kier molecular flexibility index (Phi) is 3.40. The number of halogens is 2. The van der Waals surface area contributed by atoms with Gasteiger partial charge in [-0.05, 0) is 49.0 Å². The minimum absolute atomic E-state index is 0.106. The van der Waals surface area contributed by atoms with Gasteiger partial charge in [0, 0.05) is 23.7 Å². The van der Waals surface area contributed by atoms with Crippen LogP contribution in [0.4, 0.5) is 8.78 Å². The van der Waals surface area contributed by atoms with Gasteiger partial charge in [0.25, 0.3) is 0 Å². The molecule has 0 aromatic heterocycles. The van der Waals surface area contributed by atoms with Gasteiger partial charge in [0.1, 0.15) is 11.6 Å². The molecule has 2 saturated carbocycles. The van der Waals surface area contributed by atoms with Crippen molar-refractivity contribution in [2.45, 2.75) is 59.0 Å². The third-order valence-corrected chi connectivity index (χ3v) is 6.12. The largest absolute Gasteiger partial charge is 0.306 e. The molecule has 2 aliphatic carbocycles. The van der Waals surface area contributed by atoms with E-state index in [0.717, 1.165) is 12.0 Å². The average Bonchev–Trinajstić information content (AvgIpc) is 2.85. The second-order valence-corrected chi connectivity index (χ2v) is 7.90. The second kappa shape index (κ2) is 4.77. The number of fused-ring (bicyclic) bond motifs is 2. The summed E-state index contributed by atoms with van der Waals surface area (Å²) in [5.41, 5.74) is 1.09. The summed E-state index contributed by atoms with van der Waals surface area (Å²) in [6, 6.07) is 4.14. The molecular weight excluding hydrogens is 268 g/mol. The standard InChI is InChI=1S/C18H25F2N/c1-11(14-6-5-13(19)9-15(14)20)21-16-17(2,3)12-7-8-18(16,4)10-12/h5-6,9,11-12,16,21H,7-8,10H2,1-4H3/t11?,12-,16?,18+/m0/s1. The first-order valence-corrected chi connectivity index (χ1v) is 7.95. The van der Waals surface area contributed by atoms with E-state index in [1.54, 1.807) is 6.07 Å². The van der Waals surface area contributed by atoms with Gasteiger partial charge in [-0.3, -0.25) is 0 Å². The quantitative estimate of drug-likeness (QED) is 0.841. The molecular formula is C18H25F2N. The SMILES string of the molecule is CC(NC1C(C)(C)[C@H]2CC[C@]1(C)C2)c1ccc(F)cc1F. The van der Waals surface area contributed by atoms with Crippen molar-refractivity contribution in [3.63, 3.8) is 0 Å². The van der Waals surface area contributed by atoms with Crippen LogP contribution in [0.25, 0.3) is 0 Å². The van der Waals surface area contributed by atoms with Crippen LogP contribution in [-0.4, -0.2) is 6.04 Å². The summed E-state index contributed by atoms with van der Waals surface area (Å²) in [6.07, 6.45) is 3.81. The van der Waals surface area contributed by atoms with E-state index in [2.05, 4.69) is 26.1 Å². The molecule has 1 N–H and O–H groups in total. The molecule has 3 rings (SSSR count). The first-order valence-electron chi connectivity index (χ1n) is 7.95. The van der Waals surface area contributed by atoms with Crippen molar-refractivity contribution >= 4 is 0 Å². The summed E-state index contributed by atoms with van der Waals surface area (Å²) >= 11 is 0. The lowest BCUT2D eigenvalue weighted by Crippen LogP contribution is -2.51. The Morgan fingerprint density at radius 2 is 1.95 bits per heavy atom. The van der Waals surface area contributed by atoms with Gasteiger partial charge >= 0.3 is 0 Å². The molecule has 0 amide bonds. The lowest BCUT2D eigenvalue weighted by atomic mass is 9.68. The summed E-state index contributed by atoms with van der Waals surface area (Å²) in [4.78, 5) is 0. The number of rotatable bonds is 3. The zero-order chi connectivity index (χ0) is 15.4. The topological polar surface area (TPSA) is 12.0 Å². The Labute approximate surface area is 126 Å². The van der Waals surface area contributed by atoms with Crippen molar-refractivity contribution in [2.24, 2.45) is 16.7 Å². The van der Waals surface area contributed by atoms with E-state index in [4.69, 9.17) is 0 Å². The second-order valence-electron chi connectivity index (χ2n) is 7.90. The monoisotopic (exact) mass is 293 g/mol. The van der Waals surface area contributed by atoms with Crippen LogP contribution in [0.1, 0.15) is 58.6 Å². The maximum atomic E-state index is 14.0. The van der Waals surface area contributed by atoms with E-state index in [1.165, 1.54) is 25.3 Å². The van der Waals surface area contributed by atoms with Crippen LogP contribution in [0.5, 0.6) is 0 Å². The molecule has 3 heteroatoms. The fraction of sp³-hybridized carbons (Fsp3) is 0.667. The molecule has 0 spiro atoms. The van der Waals surface area contributed by atoms with E-state index in [0.29, 0.717) is 17.0 Å². The third-order valence-electron chi connectivity index (χ3n) is 6.12. The van der Waals surface area contributed by atoms with Crippen molar-refractivity contribution in [3.8, 4) is 0 Å². The zero-order valence-corrected chi connectivity index (χ0v) is 13.3. The molecule has 2 bridgehead atoms. The van der Waals surface area contributed by atoms with Crippen LogP contribution >= 0.6 is 0 Å². The van der Waals surface area contributed by atoms with E-state index in [9.17, 15) is 8.78 Å². The molecule has 1 aromatic rings. The minimum Gasteiger partial charge on any atom is -0.306 e. The van der Waals surface area contributed by atoms with Gasteiger partial charge in [-0.2, -0.15) is 0 Å². The first kappa shape index (κ1) is 15.0. The van der Waals surface area contributed by atoms with Crippen LogP contribution < -0.4 is 5.32 Å². The van der Waals surface area contributed by atoms with Crippen LogP contribution in [-0.2, 0) is 0 Å². The highest BCUT2D eigenvalue weighted by Crippen LogP contribution is 2.62. The van der Waals surface area contributed by atoms with Crippen LogP contribution in [0.3, 0.4) is 0 Å². The van der Waals surface area contributed by atoms with E-state index in [1.807, 2.05) is 6.92 Å². The highest BCUT2D eigenvalue weighted by Gasteiger charge is 2.59. The van der Waals surface area contributed by atoms with Crippen LogP contribution in [0.2, 0.25) is 0 Å². The fourth-order valence-electron chi connectivity index (χ4n) is 4.91. The van der Waals surface area contributed by atoms with E-state index < -0.39 is 11.6 Å². The predicted molar refractivity (Wildman–Crippen MR) is 80.9 cm³/mol. The van der Waals surface area contributed by atoms with Crippen molar-refractivity contribution < 1.29 is 8.78 Å². The van der Waals surface area contributed by atoms with Gasteiger partial charge in [-0.1, -0.05) is 26.8 Å². The summed E-state index contributed by atoms with van der Waals surface area (Å²) < 4.78 is 27.0. The molecule has 0 radical (unpaired) electrons. The predicted octanol–water partition coefficient (Wildman–Crippen LogP) is 4.83. The molecule has 0 heterocycles. The fourth-order valence-corrected chi connectivity index (χ4v) is 4.91. The van der Waals surface area contributed by atoms with Gasteiger partial charge in [0.15, 0.2) is 0 Å². The maximum absolute atomic E-state index is 14.0. The molecule has 21 heavy (non-hydrogen) atoms. The number of hydrogen-bond donors (Lipinski definition) is 1. The Bertz CT molecular complexity index is 549. The lowest BCUT2D eigenvalue weighted by Gasteiger charge is -2.44. The Hall–Kier alpha value is -0.960. The molecule has 4 atom stereocenters. The van der Waals surface area contributed by atoms with Gasteiger partial charge < -0.3 is 5.32 Å². The summed E-state index contributed by atoms with van der Waals surface area (Å²) in [6.45, 7) is 8.98. The Morgan fingerprint density at radius 3 is 2.52 bits per heavy atom. The Balaban J connectivity index is 1.83. The molecule has 116 valence electrons. The van der Waals surface area contributed by atoms with Crippen LogP contribution in [0, 0.1) is 28.4 Å². The minimum atomic E-state index is -0.518. The highest BCUT2D eigenvalue weighted by molar-refractivity contribution is 5.23. The summed E-state index contributed by atoms with van der Waals surface area (Å²) in [5, 5.41) is 3.66. The molecule has 2 fully saturated rings. The molecule has 1 aromatic carbocycles. The van der Waals surface area contributed by atoms with Crippen molar-refractivity contribution in [2.75, 3.05) is 0 Å². The van der Waals surface area contributed by atoms with E-state index >= 15 is 0 Å². The maximum Gasteiger partial charge on any atom is 0.130 e. The lowest BCUT2D eigenvalue weighted by molar-refractivity contribution is 0.0998. The molecule has 0 saturated heterocycles. The molecule has 0 aliphatic heterocycles. The van der Waals surface area contributed by atoms with Gasteiger partial charge in [-0.15, -0.1) is 0 Å². The first-order chi connectivity index (χ1) is 9.74. The van der Waals surface area contributed by atoms with Gasteiger partial charge in [0.05, 0.1) is 0 Å². The van der Waals surface area contributed by atoms with Crippen LogP contribution in [0.15, 0.2) is 18.2 Å². The molecule has 2 aliphatic rings. The van der Waals surface area contributed by atoms with Gasteiger partial charge in [-0.25, -0.2) is 8.78 Å². The smallest absolute Gasteiger partial charge is 0.130 e. The normalized spacial score (nSPS) is 35.1. The average molecular weight is 293 g/mol. The summed E-state index contributed by atoms with van der Waals surface area (Å²) in [5.74, 6) is -0.220. The summed E-state index contributed by atoms with van der Waals surface area (Å²) in [7, 11) is 0. The van der Waals surface area contributed by atoms with Gasteiger partial charge in [0.2, 0.25) is 0 Å². The molecule has 1 nitrogen and oxygen atoms in total. The van der Waals surface area contributed by atoms with Crippen molar-refractivity contribution in [1.29, 1.82) is 0 Å². The number of nitrogens with one attached hydrogen (secondary N) is 1. The molecule has 2 unspecified atom stereocenters. The third kappa shape index (κ3) is 2.30. The highest BCUT2D eigenvalue weighted by atomic mass is 19.1. The zero-order valence-electron chi connectivity index (χ0n) is 13.3. The van der Waals surface area contributed by atoms with E-state index in [-0.39, 0.29) is 11.5 Å².